The number of para-hydroxylation sites is 1. The van der Waals surface area contributed by atoms with Gasteiger partial charge in [0.1, 0.15) is 11.5 Å². The molecule has 1 saturated heterocycles. The van der Waals surface area contributed by atoms with Gasteiger partial charge in [-0.05, 0) is 94.2 Å². The molecule has 2 aromatic carbocycles. The molecular weight excluding hydrogens is 826 g/mol. The molecule has 0 saturated carbocycles. The van der Waals surface area contributed by atoms with E-state index in [9.17, 15) is 22.6 Å². The van der Waals surface area contributed by atoms with Gasteiger partial charge in [-0.15, -0.1) is 12.8 Å². The van der Waals surface area contributed by atoms with Crippen molar-refractivity contribution >= 4 is 29.7 Å². The molecule has 17 heteroatoms. The molecule has 2 aliphatic rings. The Balaban J connectivity index is 0.00000102. The van der Waals surface area contributed by atoms with E-state index >= 15 is 0 Å². The lowest BCUT2D eigenvalue weighted by Crippen LogP contribution is -2.41. The minimum atomic E-state index is -3.80. The van der Waals surface area contributed by atoms with Crippen LogP contribution in [0.5, 0.6) is 11.5 Å². The summed E-state index contributed by atoms with van der Waals surface area (Å²) in [6.07, 6.45) is 12.4. The van der Waals surface area contributed by atoms with Crippen molar-refractivity contribution in [3.05, 3.63) is 66.2 Å². The number of alkyl carbamates (subject to hydrolysis) is 1. The predicted octanol–water partition coefficient (Wildman–Crippen LogP) is 7.03. The van der Waals surface area contributed by atoms with E-state index in [1.807, 2.05) is 19.9 Å². The summed E-state index contributed by atoms with van der Waals surface area (Å²) in [6, 6.07) is 14.6. The normalized spacial score (nSPS) is 17.3. The molecule has 1 unspecified atom stereocenters. The van der Waals surface area contributed by atoms with Crippen molar-refractivity contribution < 1.29 is 55.3 Å². The van der Waals surface area contributed by atoms with Crippen molar-refractivity contribution in [2.75, 3.05) is 86.6 Å². The third-order valence-electron chi connectivity index (χ3n) is 9.77. The average Bonchev–Trinajstić information content (AvgIpc) is 3.79. The Morgan fingerprint density at radius 2 is 1.74 bits per heavy atom. The first-order valence-electron chi connectivity index (χ1n) is 20.7. The van der Waals surface area contributed by atoms with Crippen LogP contribution in [0.4, 0.5) is 4.79 Å². The molecule has 4 atom stereocenters. The van der Waals surface area contributed by atoms with Crippen molar-refractivity contribution in [1.82, 2.24) is 14.5 Å². The lowest BCUT2D eigenvalue weighted by atomic mass is 9.98. The van der Waals surface area contributed by atoms with E-state index in [0.29, 0.717) is 56.9 Å². The topological polar surface area (TPSA) is 168 Å². The van der Waals surface area contributed by atoms with E-state index in [2.05, 4.69) is 29.1 Å². The fourth-order valence-electron chi connectivity index (χ4n) is 6.49. The number of methoxy groups -OCH3 is 3. The van der Waals surface area contributed by atoms with E-state index in [1.54, 1.807) is 50.4 Å². The highest BCUT2D eigenvalue weighted by molar-refractivity contribution is 7.89. The molecule has 15 nitrogen and oxygen atoms in total. The van der Waals surface area contributed by atoms with Crippen molar-refractivity contribution in [3.63, 3.8) is 0 Å². The van der Waals surface area contributed by atoms with E-state index < -0.39 is 35.8 Å². The molecule has 1 amide bonds. The quantitative estimate of drug-likeness (QED) is 0.0523. The molecule has 4 rings (SSSR count). The van der Waals surface area contributed by atoms with Gasteiger partial charge in [-0.1, -0.05) is 43.7 Å². The maximum atomic E-state index is 13.9. The van der Waals surface area contributed by atoms with Crippen LogP contribution in [0.25, 0.3) is 0 Å². The van der Waals surface area contributed by atoms with Crippen LogP contribution in [0.1, 0.15) is 59.8 Å². The van der Waals surface area contributed by atoms with Crippen molar-refractivity contribution in [2.24, 2.45) is 11.8 Å². The summed E-state index contributed by atoms with van der Waals surface area (Å²) >= 11 is 0. The largest absolute Gasteiger partial charge is 0.497 e. The standard InChI is InChI=1S/C35H52N3O10PS.C7H14O2.C2H2/c1-7-46-34(39)28(4)47-49(41,48-32-11-9-8-10-12-32)24-23-37-20-17-29(18-21-37)25-30(36-35(40)45-6)19-22-38(26-27(2)3)50(42,43)33-15-13-31(44-5)14-16-33;1-8-4-2-7-3-5-9-6-7;1-2/h8-17,27-28,30H,7,18-26H2,1-6H3,(H,36,40);7H,2-6H2,1H3;1-2H/t28-,30+,49?;7-;/m00./s1. The van der Waals surface area contributed by atoms with E-state index in [0.717, 1.165) is 37.7 Å². The third kappa shape index (κ3) is 19.8. The summed E-state index contributed by atoms with van der Waals surface area (Å²) in [5, 5.41) is 2.88. The number of esters is 1. The molecule has 0 bridgehead atoms. The molecule has 1 fully saturated rings. The number of ether oxygens (including phenoxy) is 5. The number of hydrogen-bond donors (Lipinski definition) is 1. The van der Waals surface area contributed by atoms with Crippen LogP contribution >= 0.6 is 7.60 Å². The molecule has 0 spiro atoms. The van der Waals surface area contributed by atoms with E-state index in [-0.39, 0.29) is 36.2 Å². The summed E-state index contributed by atoms with van der Waals surface area (Å²) in [5.74, 6) is 1.17. The fourth-order valence-corrected chi connectivity index (χ4v) is 9.88. The smallest absolute Gasteiger partial charge is 0.407 e. The van der Waals surface area contributed by atoms with Gasteiger partial charge >= 0.3 is 19.7 Å². The van der Waals surface area contributed by atoms with Gasteiger partial charge in [-0.3, -0.25) is 9.42 Å². The van der Waals surface area contributed by atoms with Crippen LogP contribution in [-0.4, -0.2) is 128 Å². The minimum Gasteiger partial charge on any atom is -0.497 e. The Morgan fingerprint density at radius 3 is 2.30 bits per heavy atom. The first-order valence-corrected chi connectivity index (χ1v) is 23.9. The first-order chi connectivity index (χ1) is 29.2. The monoisotopic (exact) mass is 893 g/mol. The Labute approximate surface area is 364 Å². The Kier molecular flexibility index (Phi) is 25.0. The second-order valence-corrected chi connectivity index (χ2v) is 18.9. The fraction of sp³-hybridized carbons (Fsp3) is 0.591. The first kappa shape index (κ1) is 53.2. The number of rotatable bonds is 23. The van der Waals surface area contributed by atoms with Gasteiger partial charge in [0.2, 0.25) is 10.0 Å². The van der Waals surface area contributed by atoms with E-state index in [4.69, 9.17) is 32.7 Å². The maximum Gasteiger partial charge on any atom is 0.407 e. The second kappa shape index (κ2) is 28.6. The minimum absolute atomic E-state index is 0.0513. The van der Waals surface area contributed by atoms with Crippen LogP contribution in [0.3, 0.4) is 0 Å². The van der Waals surface area contributed by atoms with Crippen molar-refractivity contribution in [2.45, 2.75) is 76.8 Å². The number of hydrogen-bond acceptors (Lipinski definition) is 13. The Hall–Kier alpha value is -3.94. The Bertz CT molecular complexity index is 1770. The maximum absolute atomic E-state index is 13.9. The summed E-state index contributed by atoms with van der Waals surface area (Å²) < 4.78 is 79.4. The number of amides is 1. The number of nitrogens with zero attached hydrogens (tertiary/aromatic N) is 2. The van der Waals surface area contributed by atoms with Gasteiger partial charge < -0.3 is 33.5 Å². The van der Waals surface area contributed by atoms with Gasteiger partial charge in [-0.25, -0.2) is 22.6 Å². The molecule has 0 aliphatic carbocycles. The van der Waals surface area contributed by atoms with Crippen LogP contribution in [0.15, 0.2) is 71.1 Å². The van der Waals surface area contributed by atoms with Crippen LogP contribution in [0, 0.1) is 24.7 Å². The highest BCUT2D eigenvalue weighted by Gasteiger charge is 2.33. The number of nitrogens with one attached hydrogen (secondary N) is 1. The summed E-state index contributed by atoms with van der Waals surface area (Å²) in [6.45, 7) is 12.2. The average molecular weight is 894 g/mol. The Morgan fingerprint density at radius 1 is 1.03 bits per heavy atom. The lowest BCUT2D eigenvalue weighted by Gasteiger charge is -2.30. The molecule has 0 radical (unpaired) electrons. The van der Waals surface area contributed by atoms with Crippen LogP contribution < -0.4 is 14.6 Å². The molecule has 2 heterocycles. The highest BCUT2D eigenvalue weighted by Crippen LogP contribution is 2.49. The lowest BCUT2D eigenvalue weighted by molar-refractivity contribution is -0.150. The van der Waals surface area contributed by atoms with Gasteiger partial charge in [0.15, 0.2) is 6.10 Å². The third-order valence-corrected chi connectivity index (χ3v) is 13.5. The van der Waals surface area contributed by atoms with Crippen molar-refractivity contribution in [3.8, 4) is 24.3 Å². The van der Waals surface area contributed by atoms with Gasteiger partial charge in [0, 0.05) is 65.7 Å². The number of carbonyl (C=O) groups is 2. The molecule has 1 N–H and O–H groups in total. The zero-order chi connectivity index (χ0) is 45.3. The number of sulfonamides is 1. The highest BCUT2D eigenvalue weighted by atomic mass is 32.2. The van der Waals surface area contributed by atoms with Gasteiger partial charge in [0.05, 0.1) is 31.9 Å². The number of terminal acetylenes is 1. The van der Waals surface area contributed by atoms with Crippen molar-refractivity contribution in [1.29, 1.82) is 0 Å². The van der Waals surface area contributed by atoms with Crippen LogP contribution in [0.2, 0.25) is 0 Å². The summed E-state index contributed by atoms with van der Waals surface area (Å²) in [4.78, 5) is 26.8. The predicted molar refractivity (Wildman–Crippen MR) is 236 cm³/mol. The van der Waals surface area contributed by atoms with Gasteiger partial charge in [-0.2, -0.15) is 4.31 Å². The molecular formula is C44H68N3O12PS. The number of carbonyl (C=O) groups excluding carboxylic acids is 2. The molecule has 2 aliphatic heterocycles. The SMILES string of the molecule is C#C.CCOC(=O)[C@H](C)OP(=O)(CCN1CC=C(C[C@@H](CCN(CC(C)C)S(=O)(=O)c2ccc(OC)cc2)NC(=O)OC)CC1)Oc1ccccc1.COCC[C@H]1CCOC1. The molecule has 342 valence electrons. The summed E-state index contributed by atoms with van der Waals surface area (Å²) in [5.41, 5.74) is 1.10. The van der Waals surface area contributed by atoms with E-state index in [1.165, 1.54) is 44.0 Å². The number of benzene rings is 2. The van der Waals surface area contributed by atoms with Gasteiger partial charge in [0.25, 0.3) is 0 Å². The zero-order valence-corrected chi connectivity index (χ0v) is 38.7. The molecule has 2 aromatic rings. The summed E-state index contributed by atoms with van der Waals surface area (Å²) in [7, 11) is -2.99. The molecule has 0 aromatic heterocycles. The molecule has 61 heavy (non-hydrogen) atoms. The van der Waals surface area contributed by atoms with Crippen LogP contribution in [-0.2, 0) is 42.9 Å². The second-order valence-electron chi connectivity index (χ2n) is 14.9. The zero-order valence-electron chi connectivity index (χ0n) is 37.0.